The maximum atomic E-state index is 12.8. The van der Waals surface area contributed by atoms with Gasteiger partial charge in [-0.1, -0.05) is 210 Å². The van der Waals surface area contributed by atoms with E-state index in [9.17, 15) is 14.4 Å². The van der Waals surface area contributed by atoms with Gasteiger partial charge in [-0.25, -0.2) is 0 Å². The second kappa shape index (κ2) is 55.4. The predicted molar refractivity (Wildman–Crippen MR) is 297 cm³/mol. The highest BCUT2D eigenvalue weighted by Gasteiger charge is 2.19. The van der Waals surface area contributed by atoms with Gasteiger partial charge in [0.1, 0.15) is 13.2 Å². The minimum Gasteiger partial charge on any atom is -0.462 e. The highest BCUT2D eigenvalue weighted by Crippen LogP contribution is 2.11. The molecule has 0 heterocycles. The lowest BCUT2D eigenvalue weighted by Gasteiger charge is -2.18. The summed E-state index contributed by atoms with van der Waals surface area (Å²) in [4.78, 5) is 38.0. The van der Waals surface area contributed by atoms with Gasteiger partial charge in [0.15, 0.2) is 6.10 Å². The molecule has 0 saturated heterocycles. The molecule has 0 saturated carbocycles. The minimum absolute atomic E-state index is 0.147. The highest BCUT2D eigenvalue weighted by atomic mass is 16.6. The van der Waals surface area contributed by atoms with E-state index in [1.165, 1.54) is 0 Å². The standard InChI is InChI=1S/C63H94O6/c1-4-7-10-13-16-19-22-25-28-30-31-33-36-38-41-44-47-50-53-56-62(65)68-59-60(69-63(66)57-54-51-48-45-42-39-34-27-24-21-18-15-12-9-6-3)58-67-61(64)55-52-49-46-43-40-37-35-32-29-26-23-20-17-14-11-8-5-2/h7-12,16-21,25-29,31,33-35,37-38,41,43,46-47,50,60H,4-6,13-15,22-24,30,32,36,39-40,42,44-45,48-49,51-59H2,1-3H3. The van der Waals surface area contributed by atoms with Gasteiger partial charge in [-0.2, -0.15) is 0 Å². The number of rotatable bonds is 45. The average molecular weight is 947 g/mol. The number of ether oxygens (including phenoxy) is 3. The van der Waals surface area contributed by atoms with Gasteiger partial charge in [0.05, 0.1) is 0 Å². The van der Waals surface area contributed by atoms with Crippen LogP contribution in [0.25, 0.3) is 0 Å². The molecule has 0 aliphatic carbocycles. The number of carbonyl (C=O) groups is 3. The fourth-order valence-electron chi connectivity index (χ4n) is 6.34. The molecule has 0 aromatic rings. The van der Waals surface area contributed by atoms with E-state index in [-0.39, 0.29) is 50.4 Å². The third-order valence-electron chi connectivity index (χ3n) is 10.2. The van der Waals surface area contributed by atoms with Crippen molar-refractivity contribution in [2.45, 2.75) is 194 Å². The Morgan fingerprint density at radius 2 is 0.565 bits per heavy atom. The van der Waals surface area contributed by atoms with Crippen molar-refractivity contribution in [2.75, 3.05) is 13.2 Å². The fraction of sp³-hybridized carbons (Fsp3) is 0.508. The molecule has 0 rings (SSSR count). The molecule has 0 bridgehead atoms. The molecule has 69 heavy (non-hydrogen) atoms. The van der Waals surface area contributed by atoms with Crippen LogP contribution >= 0.6 is 0 Å². The number of hydrogen-bond donors (Lipinski definition) is 0. The lowest BCUT2D eigenvalue weighted by Crippen LogP contribution is -2.30. The zero-order chi connectivity index (χ0) is 50.0. The summed E-state index contributed by atoms with van der Waals surface area (Å²) in [6.45, 7) is 6.14. The molecule has 0 N–H and O–H groups in total. The molecule has 0 aliphatic heterocycles. The van der Waals surface area contributed by atoms with Crippen LogP contribution in [0.2, 0.25) is 0 Å². The van der Waals surface area contributed by atoms with E-state index < -0.39 is 6.10 Å². The van der Waals surface area contributed by atoms with Crippen molar-refractivity contribution in [3.63, 3.8) is 0 Å². The first-order valence-electron chi connectivity index (χ1n) is 26.6. The minimum atomic E-state index is -0.850. The Hall–Kier alpha value is -5.23. The molecule has 0 amide bonds. The Labute approximate surface area is 422 Å². The number of allylic oxidation sites excluding steroid dienone is 28. The van der Waals surface area contributed by atoms with Crippen LogP contribution in [0.4, 0.5) is 0 Å². The Balaban J connectivity index is 4.66. The molecule has 0 aromatic heterocycles. The Morgan fingerprint density at radius 1 is 0.290 bits per heavy atom. The van der Waals surface area contributed by atoms with Crippen LogP contribution in [0.3, 0.4) is 0 Å². The van der Waals surface area contributed by atoms with Crippen molar-refractivity contribution in [1.29, 1.82) is 0 Å². The average Bonchev–Trinajstić information content (AvgIpc) is 3.35. The van der Waals surface area contributed by atoms with E-state index in [1.807, 2.05) is 12.2 Å². The van der Waals surface area contributed by atoms with E-state index in [0.717, 1.165) is 135 Å². The van der Waals surface area contributed by atoms with Gasteiger partial charge >= 0.3 is 17.9 Å². The molecule has 0 fully saturated rings. The van der Waals surface area contributed by atoms with E-state index in [1.54, 1.807) is 0 Å². The zero-order valence-electron chi connectivity index (χ0n) is 43.5. The van der Waals surface area contributed by atoms with E-state index in [4.69, 9.17) is 14.2 Å². The maximum Gasteiger partial charge on any atom is 0.306 e. The predicted octanol–water partition coefficient (Wildman–Crippen LogP) is 18.0. The van der Waals surface area contributed by atoms with Crippen molar-refractivity contribution in [2.24, 2.45) is 0 Å². The Bertz CT molecular complexity index is 1650. The second-order valence-electron chi connectivity index (χ2n) is 16.6. The molecule has 0 spiro atoms. The Morgan fingerprint density at radius 3 is 0.942 bits per heavy atom. The summed E-state index contributed by atoms with van der Waals surface area (Å²) >= 11 is 0. The monoisotopic (exact) mass is 947 g/mol. The van der Waals surface area contributed by atoms with Crippen LogP contribution in [0, 0.1) is 0 Å². The van der Waals surface area contributed by atoms with Gasteiger partial charge in [0.25, 0.3) is 0 Å². The van der Waals surface area contributed by atoms with Crippen molar-refractivity contribution in [3.8, 4) is 0 Å². The van der Waals surface area contributed by atoms with Crippen LogP contribution in [-0.2, 0) is 28.6 Å². The SMILES string of the molecule is CCC=CCC=CCC=CCC=CCC=CCC=CCCC(=O)OCC(COC(=O)CCCC=CCC=CCC=CCC=CCC=CCC)OC(=O)CCCCCCCC=CCC=CCC=CCC. The third-order valence-corrected chi connectivity index (χ3v) is 10.2. The van der Waals surface area contributed by atoms with Crippen LogP contribution in [0.5, 0.6) is 0 Å². The van der Waals surface area contributed by atoms with Gasteiger partial charge < -0.3 is 14.2 Å². The second-order valence-corrected chi connectivity index (χ2v) is 16.6. The number of esters is 3. The molecule has 0 radical (unpaired) electrons. The lowest BCUT2D eigenvalue weighted by molar-refractivity contribution is -0.166. The van der Waals surface area contributed by atoms with Gasteiger partial charge in [-0.3, -0.25) is 14.4 Å². The van der Waals surface area contributed by atoms with Crippen LogP contribution in [-0.4, -0.2) is 37.2 Å². The molecule has 0 aromatic carbocycles. The van der Waals surface area contributed by atoms with Gasteiger partial charge in [0.2, 0.25) is 0 Å². The van der Waals surface area contributed by atoms with Crippen LogP contribution in [0.15, 0.2) is 170 Å². The largest absolute Gasteiger partial charge is 0.462 e. The van der Waals surface area contributed by atoms with E-state index >= 15 is 0 Å². The molecular weight excluding hydrogens is 853 g/mol. The first-order chi connectivity index (χ1) is 34.0. The summed E-state index contributed by atoms with van der Waals surface area (Å²) in [6.07, 6.45) is 82.1. The summed E-state index contributed by atoms with van der Waals surface area (Å²) in [7, 11) is 0. The Kier molecular flexibility index (Phi) is 51.2. The van der Waals surface area contributed by atoms with E-state index in [2.05, 4.69) is 179 Å². The summed E-state index contributed by atoms with van der Waals surface area (Å²) < 4.78 is 16.7. The van der Waals surface area contributed by atoms with Crippen LogP contribution in [0.1, 0.15) is 188 Å². The van der Waals surface area contributed by atoms with Gasteiger partial charge in [0, 0.05) is 19.3 Å². The summed E-state index contributed by atoms with van der Waals surface area (Å²) in [5, 5.41) is 0. The molecule has 0 aliphatic rings. The molecule has 6 nitrogen and oxygen atoms in total. The topological polar surface area (TPSA) is 78.9 Å². The summed E-state index contributed by atoms with van der Waals surface area (Å²) in [5.74, 6) is -1.12. The number of carbonyl (C=O) groups excluding carboxylic acids is 3. The van der Waals surface area contributed by atoms with Gasteiger partial charge in [-0.05, 0) is 128 Å². The van der Waals surface area contributed by atoms with Crippen molar-refractivity contribution < 1.29 is 28.6 Å². The lowest BCUT2D eigenvalue weighted by atomic mass is 10.1. The number of hydrogen-bond acceptors (Lipinski definition) is 6. The molecule has 1 atom stereocenters. The molecule has 382 valence electrons. The first kappa shape index (κ1) is 63.8. The van der Waals surface area contributed by atoms with Crippen LogP contribution < -0.4 is 0 Å². The van der Waals surface area contributed by atoms with Gasteiger partial charge in [-0.15, -0.1) is 0 Å². The van der Waals surface area contributed by atoms with Crippen molar-refractivity contribution in [3.05, 3.63) is 170 Å². The molecule has 6 heteroatoms. The molecule has 1 unspecified atom stereocenters. The first-order valence-corrected chi connectivity index (χ1v) is 26.6. The summed E-state index contributed by atoms with van der Waals surface area (Å²) in [5.41, 5.74) is 0. The zero-order valence-corrected chi connectivity index (χ0v) is 43.5. The van der Waals surface area contributed by atoms with E-state index in [0.29, 0.717) is 12.8 Å². The quantitative estimate of drug-likeness (QED) is 0.0262. The van der Waals surface area contributed by atoms with Crippen molar-refractivity contribution >= 4 is 17.9 Å². The van der Waals surface area contributed by atoms with Crippen molar-refractivity contribution in [1.82, 2.24) is 0 Å². The highest BCUT2D eigenvalue weighted by molar-refractivity contribution is 5.71. The molecular formula is C63H94O6. The normalized spacial score (nSPS) is 13.5. The third kappa shape index (κ3) is 53.6. The maximum absolute atomic E-state index is 12.8. The smallest absolute Gasteiger partial charge is 0.306 e. The number of unbranched alkanes of at least 4 members (excludes halogenated alkanes) is 6. The fourth-order valence-corrected chi connectivity index (χ4v) is 6.34. The summed E-state index contributed by atoms with van der Waals surface area (Å²) in [6, 6.07) is 0.